The van der Waals surface area contributed by atoms with Gasteiger partial charge in [-0.3, -0.25) is 4.79 Å². The zero-order valence-corrected chi connectivity index (χ0v) is 21.0. The van der Waals surface area contributed by atoms with Gasteiger partial charge >= 0.3 is 18.4 Å². The van der Waals surface area contributed by atoms with Gasteiger partial charge in [-0.2, -0.15) is 26.3 Å². The van der Waals surface area contributed by atoms with Crippen molar-refractivity contribution in [3.63, 3.8) is 0 Å². The molecule has 3 amide bonds. The lowest BCUT2D eigenvalue weighted by Crippen LogP contribution is -2.58. The van der Waals surface area contributed by atoms with Crippen LogP contribution in [0.2, 0.25) is 0 Å². The van der Waals surface area contributed by atoms with Crippen molar-refractivity contribution >= 4 is 11.9 Å². The van der Waals surface area contributed by atoms with Crippen LogP contribution in [-0.2, 0) is 12.4 Å². The number of rotatable bonds is 7. The van der Waals surface area contributed by atoms with Gasteiger partial charge in [0.1, 0.15) is 0 Å². The second kappa shape index (κ2) is 11.5. The number of carbonyl (C=O) groups excluding carboxylic acids is 2. The second-order valence-corrected chi connectivity index (χ2v) is 10.5. The first kappa shape index (κ1) is 29.1. The number of piperidine rings is 1. The molecule has 1 aromatic rings. The van der Waals surface area contributed by atoms with Crippen LogP contribution in [0.3, 0.4) is 0 Å². The van der Waals surface area contributed by atoms with Gasteiger partial charge in [-0.1, -0.05) is 12.8 Å². The molecule has 37 heavy (non-hydrogen) atoms. The minimum absolute atomic E-state index is 0.00490. The highest BCUT2D eigenvalue weighted by molar-refractivity contribution is 5.94. The van der Waals surface area contributed by atoms with Gasteiger partial charge in [-0.05, 0) is 76.7 Å². The van der Waals surface area contributed by atoms with Gasteiger partial charge in [0.05, 0.1) is 16.7 Å². The summed E-state index contributed by atoms with van der Waals surface area (Å²) in [4.78, 5) is 27.0. The van der Waals surface area contributed by atoms with E-state index in [1.54, 1.807) is 0 Å². The monoisotopic (exact) mass is 536 g/mol. The highest BCUT2D eigenvalue weighted by atomic mass is 19.4. The molecular formula is C25H34F6N4O2. The Morgan fingerprint density at radius 2 is 1.51 bits per heavy atom. The van der Waals surface area contributed by atoms with Gasteiger partial charge in [-0.15, -0.1) is 0 Å². The number of hydrogen-bond donors (Lipinski definition) is 3. The molecule has 2 aliphatic rings. The number of carbonyl (C=O) groups is 2. The maximum absolute atomic E-state index is 13.1. The van der Waals surface area contributed by atoms with Crippen LogP contribution < -0.4 is 16.0 Å². The van der Waals surface area contributed by atoms with E-state index in [9.17, 15) is 35.9 Å². The Hall–Kier alpha value is -2.50. The Bertz CT molecular complexity index is 917. The Balaban J connectivity index is 1.54. The minimum atomic E-state index is -5.01. The molecule has 0 radical (unpaired) electrons. The van der Waals surface area contributed by atoms with Crippen molar-refractivity contribution in [2.75, 3.05) is 26.2 Å². The predicted molar refractivity (Wildman–Crippen MR) is 126 cm³/mol. The third-order valence-electron chi connectivity index (χ3n) is 6.99. The molecule has 1 aromatic carbocycles. The number of benzene rings is 1. The summed E-state index contributed by atoms with van der Waals surface area (Å²) in [6.07, 6.45) is -4.73. The largest absolute Gasteiger partial charge is 0.416 e. The van der Waals surface area contributed by atoms with Crippen molar-refractivity contribution in [2.24, 2.45) is 5.92 Å². The molecule has 1 saturated carbocycles. The molecule has 0 spiro atoms. The molecule has 1 aliphatic heterocycles. The summed E-state index contributed by atoms with van der Waals surface area (Å²) in [6.45, 7) is 6.10. The van der Waals surface area contributed by atoms with E-state index in [1.807, 2.05) is 13.8 Å². The number of nitrogens with zero attached hydrogens (tertiary/aromatic N) is 1. The number of amides is 3. The van der Waals surface area contributed by atoms with Gasteiger partial charge < -0.3 is 20.9 Å². The average molecular weight is 537 g/mol. The quantitative estimate of drug-likeness (QED) is 0.420. The standard InChI is InChI=1S/C25H34F6N4O2/c1-16(2)33-22(37)34-23(7-3-4-8-23)15-35-9-5-17(6-10-35)14-32-21(36)18-11-19(24(26,27)28)13-20(12-18)25(29,30)31/h11-13,16-17H,3-10,14-15H2,1-2H3,(H,32,36)(H2,33,34,37). The molecule has 1 heterocycles. The predicted octanol–water partition coefficient (Wildman–Crippen LogP) is 5.19. The van der Waals surface area contributed by atoms with Crippen LogP contribution in [0.15, 0.2) is 18.2 Å². The topological polar surface area (TPSA) is 73.5 Å². The number of likely N-dealkylation sites (tertiary alicyclic amines) is 1. The van der Waals surface area contributed by atoms with Crippen molar-refractivity contribution in [2.45, 2.75) is 76.3 Å². The lowest BCUT2D eigenvalue weighted by molar-refractivity contribution is -0.143. The Kier molecular flexibility index (Phi) is 9.02. The molecule has 3 N–H and O–H groups in total. The van der Waals surface area contributed by atoms with Gasteiger partial charge in [0.25, 0.3) is 5.91 Å². The van der Waals surface area contributed by atoms with E-state index in [0.717, 1.165) is 38.8 Å². The highest BCUT2D eigenvalue weighted by Gasteiger charge is 2.39. The van der Waals surface area contributed by atoms with Crippen LogP contribution >= 0.6 is 0 Å². The molecule has 0 unspecified atom stereocenters. The third-order valence-corrected chi connectivity index (χ3v) is 6.99. The SMILES string of the molecule is CC(C)NC(=O)NC1(CN2CCC(CNC(=O)c3cc(C(F)(F)F)cc(C(F)(F)F)c3)CC2)CCCC1. The lowest BCUT2D eigenvalue weighted by Gasteiger charge is -2.39. The van der Waals surface area contributed by atoms with Crippen molar-refractivity contribution in [3.8, 4) is 0 Å². The van der Waals surface area contributed by atoms with Crippen LogP contribution in [-0.4, -0.2) is 54.6 Å². The normalized spacial score (nSPS) is 19.2. The molecular weight excluding hydrogens is 502 g/mol. The smallest absolute Gasteiger partial charge is 0.352 e. The van der Waals surface area contributed by atoms with Crippen LogP contribution in [0.1, 0.15) is 73.9 Å². The third kappa shape index (κ3) is 8.24. The average Bonchev–Trinajstić information content (AvgIpc) is 3.24. The van der Waals surface area contributed by atoms with E-state index in [2.05, 4.69) is 20.9 Å². The van der Waals surface area contributed by atoms with E-state index in [0.29, 0.717) is 31.5 Å². The number of alkyl halides is 6. The van der Waals surface area contributed by atoms with Crippen molar-refractivity contribution in [1.29, 1.82) is 0 Å². The van der Waals surface area contributed by atoms with Crippen molar-refractivity contribution < 1.29 is 35.9 Å². The van der Waals surface area contributed by atoms with Crippen molar-refractivity contribution in [3.05, 3.63) is 34.9 Å². The Labute approximate surface area is 212 Å². The fraction of sp³-hybridized carbons (Fsp3) is 0.680. The van der Waals surface area contributed by atoms with Crippen LogP contribution in [0.5, 0.6) is 0 Å². The highest BCUT2D eigenvalue weighted by Crippen LogP contribution is 2.36. The zero-order valence-electron chi connectivity index (χ0n) is 21.0. The first-order valence-corrected chi connectivity index (χ1v) is 12.6. The maximum Gasteiger partial charge on any atom is 0.416 e. The van der Waals surface area contributed by atoms with Gasteiger partial charge in [0, 0.05) is 24.7 Å². The zero-order chi connectivity index (χ0) is 27.4. The van der Waals surface area contributed by atoms with E-state index >= 15 is 0 Å². The summed E-state index contributed by atoms with van der Waals surface area (Å²) in [6, 6.07) is 0.733. The number of hydrogen-bond acceptors (Lipinski definition) is 3. The van der Waals surface area contributed by atoms with Gasteiger partial charge in [0.2, 0.25) is 0 Å². The summed E-state index contributed by atoms with van der Waals surface area (Å²) in [5.41, 5.74) is -4.00. The summed E-state index contributed by atoms with van der Waals surface area (Å²) in [5, 5.41) is 8.54. The van der Waals surface area contributed by atoms with Crippen LogP contribution in [0.25, 0.3) is 0 Å². The van der Waals surface area contributed by atoms with Crippen LogP contribution in [0, 0.1) is 5.92 Å². The molecule has 12 heteroatoms. The number of urea groups is 1. The fourth-order valence-corrected chi connectivity index (χ4v) is 5.12. The minimum Gasteiger partial charge on any atom is -0.352 e. The summed E-state index contributed by atoms with van der Waals surface area (Å²) >= 11 is 0. The molecule has 3 rings (SSSR count). The second-order valence-electron chi connectivity index (χ2n) is 10.5. The number of halogens is 6. The summed E-state index contributed by atoms with van der Waals surface area (Å²) in [5.74, 6) is -0.922. The molecule has 0 bridgehead atoms. The molecule has 0 aromatic heterocycles. The van der Waals surface area contributed by atoms with Crippen LogP contribution in [0.4, 0.5) is 31.1 Å². The molecule has 0 atom stereocenters. The summed E-state index contributed by atoms with van der Waals surface area (Å²) in [7, 11) is 0. The van der Waals surface area contributed by atoms with Gasteiger partial charge in [0.15, 0.2) is 0 Å². The molecule has 6 nitrogen and oxygen atoms in total. The van der Waals surface area contributed by atoms with Gasteiger partial charge in [-0.25, -0.2) is 4.79 Å². The maximum atomic E-state index is 13.1. The first-order valence-electron chi connectivity index (χ1n) is 12.6. The van der Waals surface area contributed by atoms with E-state index in [4.69, 9.17) is 0 Å². The first-order chi connectivity index (χ1) is 17.2. The summed E-state index contributed by atoms with van der Waals surface area (Å²) < 4.78 is 78.5. The molecule has 2 fully saturated rings. The number of nitrogens with one attached hydrogen (secondary N) is 3. The fourth-order valence-electron chi connectivity index (χ4n) is 5.12. The molecule has 1 aliphatic carbocycles. The van der Waals surface area contributed by atoms with Crippen molar-refractivity contribution in [1.82, 2.24) is 20.9 Å². The molecule has 1 saturated heterocycles. The van der Waals surface area contributed by atoms with E-state index in [1.165, 1.54) is 0 Å². The lowest BCUT2D eigenvalue weighted by atomic mass is 9.92. The Morgan fingerprint density at radius 1 is 0.973 bits per heavy atom. The van der Waals surface area contributed by atoms with E-state index in [-0.39, 0.29) is 36.1 Å². The molecule has 208 valence electrons. The Morgan fingerprint density at radius 3 is 2.00 bits per heavy atom. The van der Waals surface area contributed by atoms with E-state index < -0.39 is 35.0 Å².